The van der Waals surface area contributed by atoms with E-state index < -0.39 is 5.54 Å². The van der Waals surface area contributed by atoms with Gasteiger partial charge in [-0.15, -0.1) is 0 Å². The first-order valence-electron chi connectivity index (χ1n) is 6.67. The number of ether oxygens (including phenoxy) is 1. The van der Waals surface area contributed by atoms with E-state index in [2.05, 4.69) is 0 Å². The van der Waals surface area contributed by atoms with Crippen LogP contribution in [0, 0.1) is 0 Å². The average molecular weight is 269 g/mol. The molecule has 3 nitrogen and oxygen atoms in total. The van der Waals surface area contributed by atoms with Crippen molar-refractivity contribution in [2.45, 2.75) is 19.4 Å². The van der Waals surface area contributed by atoms with Gasteiger partial charge in [-0.2, -0.15) is 0 Å². The third kappa shape index (κ3) is 2.89. The fourth-order valence-corrected chi connectivity index (χ4v) is 2.08. The van der Waals surface area contributed by atoms with Crippen LogP contribution in [0.15, 0.2) is 54.6 Å². The molecular formula is C17H19NO2. The number of carbonyl (C=O) groups excluding carboxylic acids is 1. The summed E-state index contributed by atoms with van der Waals surface area (Å²) < 4.78 is 5.37. The van der Waals surface area contributed by atoms with Gasteiger partial charge < -0.3 is 10.5 Å². The van der Waals surface area contributed by atoms with Crippen LogP contribution in [0.4, 0.5) is 0 Å². The zero-order valence-corrected chi connectivity index (χ0v) is 11.8. The van der Waals surface area contributed by atoms with Gasteiger partial charge >= 0.3 is 0 Å². The molecule has 0 aliphatic heterocycles. The number of carbonyl (C=O) groups is 1. The van der Waals surface area contributed by atoms with Crippen LogP contribution in [0.1, 0.15) is 29.8 Å². The van der Waals surface area contributed by atoms with Crippen LogP contribution in [0.3, 0.4) is 0 Å². The minimum absolute atomic E-state index is 0.105. The van der Waals surface area contributed by atoms with Crippen LogP contribution in [-0.4, -0.2) is 12.4 Å². The summed E-state index contributed by atoms with van der Waals surface area (Å²) in [5, 5.41) is 0. The molecule has 104 valence electrons. The Morgan fingerprint density at radius 3 is 2.25 bits per heavy atom. The lowest BCUT2D eigenvalue weighted by Gasteiger charge is -2.23. The predicted molar refractivity (Wildman–Crippen MR) is 79.9 cm³/mol. The van der Waals surface area contributed by atoms with Crippen molar-refractivity contribution in [2.24, 2.45) is 5.73 Å². The van der Waals surface area contributed by atoms with Gasteiger partial charge in [0.2, 0.25) is 0 Å². The molecule has 0 aliphatic rings. The van der Waals surface area contributed by atoms with Gasteiger partial charge in [-0.1, -0.05) is 30.3 Å². The summed E-state index contributed by atoms with van der Waals surface area (Å²) in [7, 11) is 0. The van der Waals surface area contributed by atoms with E-state index in [1.54, 1.807) is 31.2 Å². The van der Waals surface area contributed by atoms with Crippen LogP contribution in [0.2, 0.25) is 0 Å². The minimum atomic E-state index is -1.03. The number of ketones is 1. The molecule has 0 amide bonds. The van der Waals surface area contributed by atoms with Crippen LogP contribution in [0.25, 0.3) is 0 Å². The molecule has 0 aromatic heterocycles. The summed E-state index contributed by atoms with van der Waals surface area (Å²) in [6, 6.07) is 16.5. The van der Waals surface area contributed by atoms with Crippen molar-refractivity contribution in [3.63, 3.8) is 0 Å². The highest BCUT2D eigenvalue weighted by Crippen LogP contribution is 2.23. The number of rotatable bonds is 5. The molecule has 0 saturated carbocycles. The molecule has 0 bridgehead atoms. The van der Waals surface area contributed by atoms with Crippen molar-refractivity contribution in [1.82, 2.24) is 0 Å². The summed E-state index contributed by atoms with van der Waals surface area (Å²) in [4.78, 5) is 12.6. The fraction of sp³-hybridized carbons (Fsp3) is 0.235. The van der Waals surface area contributed by atoms with Crippen molar-refractivity contribution >= 4 is 5.78 Å². The minimum Gasteiger partial charge on any atom is -0.494 e. The highest BCUT2D eigenvalue weighted by molar-refractivity contribution is 6.03. The monoisotopic (exact) mass is 269 g/mol. The van der Waals surface area contributed by atoms with E-state index >= 15 is 0 Å². The van der Waals surface area contributed by atoms with Crippen molar-refractivity contribution in [3.05, 3.63) is 65.7 Å². The molecule has 3 heteroatoms. The van der Waals surface area contributed by atoms with E-state index in [0.29, 0.717) is 12.2 Å². The van der Waals surface area contributed by atoms with E-state index in [0.717, 1.165) is 11.3 Å². The van der Waals surface area contributed by atoms with Gasteiger partial charge in [-0.05, 0) is 43.7 Å². The lowest BCUT2D eigenvalue weighted by atomic mass is 9.85. The highest BCUT2D eigenvalue weighted by atomic mass is 16.5. The molecule has 0 spiro atoms. The maximum absolute atomic E-state index is 12.6. The zero-order chi connectivity index (χ0) is 14.6. The summed E-state index contributed by atoms with van der Waals surface area (Å²) >= 11 is 0. The van der Waals surface area contributed by atoms with Crippen LogP contribution in [0.5, 0.6) is 5.75 Å². The molecular weight excluding hydrogens is 250 g/mol. The second-order valence-corrected chi connectivity index (χ2v) is 4.85. The Labute approximate surface area is 119 Å². The lowest BCUT2D eigenvalue weighted by Crippen LogP contribution is -2.41. The SMILES string of the molecule is CCOc1ccc(C(=O)C(C)(N)c2ccccc2)cc1. The maximum Gasteiger partial charge on any atom is 0.186 e. The summed E-state index contributed by atoms with van der Waals surface area (Å²) in [6.45, 7) is 4.26. The Hall–Kier alpha value is -2.13. The molecule has 0 aliphatic carbocycles. The molecule has 2 N–H and O–H groups in total. The first-order valence-corrected chi connectivity index (χ1v) is 6.67. The number of Topliss-reactive ketones (excluding diaryl/α,β-unsaturated/α-hetero) is 1. The second kappa shape index (κ2) is 5.88. The molecule has 1 atom stereocenters. The van der Waals surface area contributed by atoms with Gasteiger partial charge in [-0.25, -0.2) is 0 Å². The molecule has 0 saturated heterocycles. The largest absolute Gasteiger partial charge is 0.494 e. The number of hydrogen-bond acceptors (Lipinski definition) is 3. The first kappa shape index (κ1) is 14.3. The van der Waals surface area contributed by atoms with Crippen LogP contribution in [-0.2, 0) is 5.54 Å². The van der Waals surface area contributed by atoms with Crippen molar-refractivity contribution < 1.29 is 9.53 Å². The highest BCUT2D eigenvalue weighted by Gasteiger charge is 2.31. The third-order valence-corrected chi connectivity index (χ3v) is 3.27. The van der Waals surface area contributed by atoms with Crippen LogP contribution < -0.4 is 10.5 Å². The zero-order valence-electron chi connectivity index (χ0n) is 11.8. The quantitative estimate of drug-likeness (QED) is 0.848. The normalized spacial score (nSPS) is 13.6. The summed E-state index contributed by atoms with van der Waals surface area (Å²) in [5.74, 6) is 0.647. The van der Waals surface area contributed by atoms with Gasteiger partial charge in [0, 0.05) is 5.56 Å². The molecule has 2 aromatic carbocycles. The molecule has 2 aromatic rings. The smallest absolute Gasteiger partial charge is 0.186 e. The summed E-state index contributed by atoms with van der Waals surface area (Å²) in [5.41, 5.74) is 6.59. The molecule has 1 unspecified atom stereocenters. The Bertz CT molecular complexity index is 574. The van der Waals surface area contributed by atoms with E-state index in [1.165, 1.54) is 0 Å². The fourth-order valence-electron chi connectivity index (χ4n) is 2.08. The van der Waals surface area contributed by atoms with E-state index in [1.807, 2.05) is 37.3 Å². The molecule has 2 rings (SSSR count). The third-order valence-electron chi connectivity index (χ3n) is 3.27. The van der Waals surface area contributed by atoms with Crippen molar-refractivity contribution in [1.29, 1.82) is 0 Å². The van der Waals surface area contributed by atoms with E-state index in [-0.39, 0.29) is 5.78 Å². The van der Waals surface area contributed by atoms with Gasteiger partial charge in [-0.3, -0.25) is 4.79 Å². The summed E-state index contributed by atoms with van der Waals surface area (Å²) in [6.07, 6.45) is 0. The molecule has 0 heterocycles. The van der Waals surface area contributed by atoms with E-state index in [4.69, 9.17) is 10.5 Å². The Morgan fingerprint density at radius 1 is 1.10 bits per heavy atom. The molecule has 0 radical (unpaired) electrons. The van der Waals surface area contributed by atoms with Gasteiger partial charge in [0.15, 0.2) is 5.78 Å². The molecule has 20 heavy (non-hydrogen) atoms. The van der Waals surface area contributed by atoms with Crippen LogP contribution >= 0.6 is 0 Å². The number of benzene rings is 2. The Kier molecular flexibility index (Phi) is 4.20. The second-order valence-electron chi connectivity index (χ2n) is 4.85. The Morgan fingerprint density at radius 2 is 1.70 bits per heavy atom. The van der Waals surface area contributed by atoms with Crippen molar-refractivity contribution in [2.75, 3.05) is 6.61 Å². The van der Waals surface area contributed by atoms with Gasteiger partial charge in [0.05, 0.1) is 6.61 Å². The first-order chi connectivity index (χ1) is 9.55. The average Bonchev–Trinajstić information content (AvgIpc) is 2.48. The standard InChI is InChI=1S/C17H19NO2/c1-3-20-15-11-9-13(10-12-15)16(19)17(2,18)14-7-5-4-6-8-14/h4-12H,3,18H2,1-2H3. The Balaban J connectivity index is 2.26. The number of nitrogens with two attached hydrogens (primary N) is 1. The lowest BCUT2D eigenvalue weighted by molar-refractivity contribution is 0.0900. The van der Waals surface area contributed by atoms with Crippen molar-refractivity contribution in [3.8, 4) is 5.75 Å². The number of hydrogen-bond donors (Lipinski definition) is 1. The topological polar surface area (TPSA) is 52.3 Å². The maximum atomic E-state index is 12.6. The predicted octanol–water partition coefficient (Wildman–Crippen LogP) is 3.14. The van der Waals surface area contributed by atoms with Gasteiger partial charge in [0.25, 0.3) is 0 Å². The van der Waals surface area contributed by atoms with Gasteiger partial charge in [0.1, 0.15) is 11.3 Å². The molecule has 0 fully saturated rings. The van der Waals surface area contributed by atoms with E-state index in [9.17, 15) is 4.79 Å².